The molecule has 0 saturated carbocycles. The van der Waals surface area contributed by atoms with Crippen molar-refractivity contribution >= 4 is 17.2 Å². The molecule has 0 unspecified atom stereocenters. The van der Waals surface area contributed by atoms with Crippen molar-refractivity contribution in [1.29, 1.82) is 0 Å². The Balaban J connectivity index is 1.81. The van der Waals surface area contributed by atoms with Gasteiger partial charge in [-0.2, -0.15) is 0 Å². The number of amides is 1. The summed E-state index contributed by atoms with van der Waals surface area (Å²) < 4.78 is 2.29. The monoisotopic (exact) mass is 319 g/mol. The highest BCUT2D eigenvalue weighted by molar-refractivity contribution is 7.10. The second-order valence-electron chi connectivity index (χ2n) is 5.38. The third-order valence-electron chi connectivity index (χ3n) is 4.01. The van der Waals surface area contributed by atoms with E-state index in [9.17, 15) is 14.4 Å². The van der Waals surface area contributed by atoms with Crippen LogP contribution in [0.4, 0.5) is 0 Å². The second-order valence-corrected chi connectivity index (χ2v) is 6.36. The SMILES string of the molecule is Cn1c(=O)ccn(CC(=O)N2CCC[C@@H]2c2cccs2)c1=O. The molecule has 116 valence electrons. The van der Waals surface area contributed by atoms with Gasteiger partial charge >= 0.3 is 5.69 Å². The standard InChI is InChI=1S/C15H17N3O3S/c1-16-13(19)6-8-17(15(16)21)10-14(20)18-7-2-4-11(18)12-5-3-9-22-12/h3,5-6,8-9,11H,2,4,7,10H2,1H3/t11-/m1/s1. The molecule has 1 amide bonds. The molecule has 1 fully saturated rings. The van der Waals surface area contributed by atoms with Crippen LogP contribution >= 0.6 is 11.3 Å². The van der Waals surface area contributed by atoms with Crippen molar-refractivity contribution in [3.63, 3.8) is 0 Å². The summed E-state index contributed by atoms with van der Waals surface area (Å²) in [6.45, 7) is 0.677. The van der Waals surface area contributed by atoms with Gasteiger partial charge in [0.15, 0.2) is 0 Å². The Labute approximate surface area is 131 Å². The summed E-state index contributed by atoms with van der Waals surface area (Å²) in [6, 6.07) is 5.43. The topological polar surface area (TPSA) is 64.3 Å². The van der Waals surface area contributed by atoms with Gasteiger partial charge in [0.2, 0.25) is 5.91 Å². The summed E-state index contributed by atoms with van der Waals surface area (Å²) in [4.78, 5) is 39.0. The Morgan fingerprint density at radius 3 is 2.91 bits per heavy atom. The van der Waals surface area contributed by atoms with E-state index in [1.807, 2.05) is 22.4 Å². The molecule has 0 spiro atoms. The summed E-state index contributed by atoms with van der Waals surface area (Å²) in [6.07, 6.45) is 3.31. The Hall–Kier alpha value is -2.15. The lowest BCUT2D eigenvalue weighted by molar-refractivity contribution is -0.132. The van der Waals surface area contributed by atoms with Gasteiger partial charge < -0.3 is 4.90 Å². The van der Waals surface area contributed by atoms with E-state index >= 15 is 0 Å². The molecule has 0 aliphatic carbocycles. The molecular formula is C15H17N3O3S. The van der Waals surface area contributed by atoms with Crippen molar-refractivity contribution in [1.82, 2.24) is 14.0 Å². The van der Waals surface area contributed by atoms with Crippen LogP contribution in [-0.4, -0.2) is 26.5 Å². The van der Waals surface area contributed by atoms with Crippen LogP contribution in [0.1, 0.15) is 23.8 Å². The minimum Gasteiger partial charge on any atom is -0.333 e. The zero-order valence-corrected chi connectivity index (χ0v) is 13.1. The Bertz CT molecular complexity index is 791. The maximum atomic E-state index is 12.6. The number of likely N-dealkylation sites (tertiary alicyclic amines) is 1. The Morgan fingerprint density at radius 2 is 2.18 bits per heavy atom. The number of carbonyl (C=O) groups is 1. The van der Waals surface area contributed by atoms with E-state index in [2.05, 4.69) is 0 Å². The molecule has 0 bridgehead atoms. The first-order valence-corrected chi connectivity index (χ1v) is 8.05. The molecule has 2 aromatic rings. The van der Waals surface area contributed by atoms with E-state index in [4.69, 9.17) is 0 Å². The molecule has 7 heteroatoms. The second kappa shape index (κ2) is 5.92. The molecule has 1 aliphatic heterocycles. The molecule has 2 aromatic heterocycles. The summed E-state index contributed by atoms with van der Waals surface area (Å²) in [5, 5.41) is 2.01. The van der Waals surface area contributed by atoms with Crippen LogP contribution in [0, 0.1) is 0 Å². The maximum Gasteiger partial charge on any atom is 0.331 e. The van der Waals surface area contributed by atoms with E-state index in [-0.39, 0.29) is 24.1 Å². The van der Waals surface area contributed by atoms with E-state index in [1.54, 1.807) is 11.3 Å². The molecule has 6 nitrogen and oxygen atoms in total. The fourth-order valence-corrected chi connectivity index (χ4v) is 3.69. The minimum absolute atomic E-state index is 0.0329. The van der Waals surface area contributed by atoms with Crippen LogP contribution in [0.15, 0.2) is 39.4 Å². The van der Waals surface area contributed by atoms with Crippen LogP contribution in [0.2, 0.25) is 0 Å². The molecule has 1 atom stereocenters. The first kappa shape index (κ1) is 14.8. The van der Waals surface area contributed by atoms with Gasteiger partial charge in [-0.05, 0) is 24.3 Å². The third-order valence-corrected chi connectivity index (χ3v) is 4.98. The molecular weight excluding hydrogens is 302 g/mol. The highest BCUT2D eigenvalue weighted by atomic mass is 32.1. The fourth-order valence-electron chi connectivity index (χ4n) is 2.82. The zero-order valence-electron chi connectivity index (χ0n) is 12.3. The van der Waals surface area contributed by atoms with Gasteiger partial charge in [-0.1, -0.05) is 6.07 Å². The van der Waals surface area contributed by atoms with Crippen molar-refractivity contribution < 1.29 is 4.79 Å². The lowest BCUT2D eigenvalue weighted by Crippen LogP contribution is -2.41. The molecule has 0 aromatic carbocycles. The number of hydrogen-bond donors (Lipinski definition) is 0. The van der Waals surface area contributed by atoms with Gasteiger partial charge in [-0.15, -0.1) is 11.3 Å². The van der Waals surface area contributed by atoms with Gasteiger partial charge in [-0.25, -0.2) is 4.79 Å². The highest BCUT2D eigenvalue weighted by Crippen LogP contribution is 2.34. The van der Waals surface area contributed by atoms with Crippen LogP contribution in [0.5, 0.6) is 0 Å². The van der Waals surface area contributed by atoms with Gasteiger partial charge in [0.05, 0.1) is 6.04 Å². The largest absolute Gasteiger partial charge is 0.333 e. The first-order chi connectivity index (χ1) is 10.6. The number of hydrogen-bond acceptors (Lipinski definition) is 4. The number of carbonyl (C=O) groups excluding carboxylic acids is 1. The number of aromatic nitrogens is 2. The lowest BCUT2D eigenvalue weighted by Gasteiger charge is -2.24. The van der Waals surface area contributed by atoms with Crippen molar-refractivity contribution in [3.8, 4) is 0 Å². The molecule has 3 heterocycles. The van der Waals surface area contributed by atoms with E-state index in [1.165, 1.54) is 28.8 Å². The van der Waals surface area contributed by atoms with E-state index in [0.717, 1.165) is 17.4 Å². The maximum absolute atomic E-state index is 12.6. The summed E-state index contributed by atoms with van der Waals surface area (Å²) in [5.74, 6) is -0.0864. The van der Waals surface area contributed by atoms with Gasteiger partial charge in [0, 0.05) is 30.7 Å². The van der Waals surface area contributed by atoms with E-state index < -0.39 is 5.69 Å². The highest BCUT2D eigenvalue weighted by Gasteiger charge is 2.30. The molecule has 3 rings (SSSR count). The predicted octanol–water partition coefficient (Wildman–Crippen LogP) is 0.972. The van der Waals surface area contributed by atoms with Gasteiger partial charge in [0.25, 0.3) is 5.56 Å². The minimum atomic E-state index is -0.465. The average Bonchev–Trinajstić information content (AvgIpc) is 3.17. The quantitative estimate of drug-likeness (QED) is 0.847. The van der Waals surface area contributed by atoms with Crippen molar-refractivity contribution in [2.45, 2.75) is 25.4 Å². The van der Waals surface area contributed by atoms with Crippen LogP contribution in [0.3, 0.4) is 0 Å². The third kappa shape index (κ3) is 2.64. The fraction of sp³-hybridized carbons (Fsp3) is 0.400. The van der Waals surface area contributed by atoms with Crippen molar-refractivity contribution in [2.75, 3.05) is 6.54 Å². The smallest absolute Gasteiger partial charge is 0.331 e. The number of rotatable bonds is 3. The average molecular weight is 319 g/mol. The first-order valence-electron chi connectivity index (χ1n) is 7.17. The molecule has 1 aliphatic rings. The summed E-state index contributed by atoms with van der Waals surface area (Å²) >= 11 is 1.65. The van der Waals surface area contributed by atoms with Crippen molar-refractivity contribution in [2.24, 2.45) is 7.05 Å². The number of nitrogens with zero attached hydrogens (tertiary/aromatic N) is 3. The van der Waals surface area contributed by atoms with Crippen LogP contribution < -0.4 is 11.2 Å². The van der Waals surface area contributed by atoms with Crippen LogP contribution in [-0.2, 0) is 18.4 Å². The predicted molar refractivity (Wildman–Crippen MR) is 84.0 cm³/mol. The molecule has 0 N–H and O–H groups in total. The summed E-state index contributed by atoms with van der Waals surface area (Å²) in [5.41, 5.74) is -0.834. The Kier molecular flexibility index (Phi) is 3.98. The van der Waals surface area contributed by atoms with Crippen molar-refractivity contribution in [3.05, 3.63) is 55.5 Å². The molecule has 1 saturated heterocycles. The van der Waals surface area contributed by atoms with E-state index in [0.29, 0.717) is 6.54 Å². The zero-order chi connectivity index (χ0) is 15.7. The van der Waals surface area contributed by atoms with Gasteiger partial charge in [-0.3, -0.25) is 18.7 Å². The van der Waals surface area contributed by atoms with Gasteiger partial charge in [0.1, 0.15) is 6.54 Å². The summed E-state index contributed by atoms with van der Waals surface area (Å²) in [7, 11) is 1.41. The Morgan fingerprint density at radius 1 is 1.36 bits per heavy atom. The molecule has 0 radical (unpaired) electrons. The lowest BCUT2D eigenvalue weighted by atomic mass is 10.2. The van der Waals surface area contributed by atoms with Crippen LogP contribution in [0.25, 0.3) is 0 Å². The number of thiophene rings is 1. The molecule has 22 heavy (non-hydrogen) atoms. The normalized spacial score (nSPS) is 17.9.